The van der Waals surface area contributed by atoms with Crippen molar-refractivity contribution in [2.75, 3.05) is 6.54 Å². The van der Waals surface area contributed by atoms with Gasteiger partial charge in [-0.25, -0.2) is 4.39 Å². The highest BCUT2D eigenvalue weighted by molar-refractivity contribution is 5.19. The standard InChI is InChI=1S/C15H22FN/c1-12(14-7-9-15(16)10-8-14)17-11-13-5-3-2-4-6-13/h7-10,12-13,17H,2-6,11H2,1H3/t12-/m0/s1. The van der Waals surface area contributed by atoms with Gasteiger partial charge < -0.3 is 5.32 Å². The highest BCUT2D eigenvalue weighted by Crippen LogP contribution is 2.23. The number of hydrogen-bond acceptors (Lipinski definition) is 1. The zero-order chi connectivity index (χ0) is 12.1. The summed E-state index contributed by atoms with van der Waals surface area (Å²) >= 11 is 0. The van der Waals surface area contributed by atoms with E-state index in [0.29, 0.717) is 6.04 Å². The van der Waals surface area contributed by atoms with Gasteiger partial charge in [0.05, 0.1) is 0 Å². The molecular weight excluding hydrogens is 213 g/mol. The van der Waals surface area contributed by atoms with Crippen molar-refractivity contribution in [3.05, 3.63) is 35.6 Å². The van der Waals surface area contributed by atoms with Crippen molar-refractivity contribution in [3.8, 4) is 0 Å². The Bertz CT molecular complexity index is 327. The Labute approximate surface area is 103 Å². The smallest absolute Gasteiger partial charge is 0.123 e. The Morgan fingerprint density at radius 1 is 1.18 bits per heavy atom. The molecule has 0 saturated heterocycles. The molecule has 1 aromatic carbocycles. The van der Waals surface area contributed by atoms with Crippen molar-refractivity contribution in [2.45, 2.75) is 45.1 Å². The molecule has 1 aliphatic carbocycles. The highest BCUT2D eigenvalue weighted by atomic mass is 19.1. The molecule has 1 saturated carbocycles. The third-order valence-electron chi connectivity index (χ3n) is 3.81. The summed E-state index contributed by atoms with van der Waals surface area (Å²) in [6, 6.07) is 7.13. The van der Waals surface area contributed by atoms with Crippen LogP contribution < -0.4 is 5.32 Å². The lowest BCUT2D eigenvalue weighted by Gasteiger charge is -2.24. The number of hydrogen-bond donors (Lipinski definition) is 1. The van der Waals surface area contributed by atoms with E-state index in [1.54, 1.807) is 0 Å². The third kappa shape index (κ3) is 3.81. The Kier molecular flexibility index (Phi) is 4.55. The topological polar surface area (TPSA) is 12.0 Å². The van der Waals surface area contributed by atoms with Gasteiger partial charge in [-0.3, -0.25) is 0 Å². The fourth-order valence-electron chi connectivity index (χ4n) is 2.60. The summed E-state index contributed by atoms with van der Waals surface area (Å²) in [4.78, 5) is 0. The monoisotopic (exact) mass is 235 g/mol. The van der Waals surface area contributed by atoms with Crippen LogP contribution in [0.3, 0.4) is 0 Å². The maximum Gasteiger partial charge on any atom is 0.123 e. The quantitative estimate of drug-likeness (QED) is 0.830. The molecule has 94 valence electrons. The predicted octanol–water partition coefficient (Wildman–Crippen LogP) is 4.06. The van der Waals surface area contributed by atoms with Crippen LogP contribution in [0.4, 0.5) is 4.39 Å². The number of rotatable bonds is 4. The van der Waals surface area contributed by atoms with Gasteiger partial charge in [-0.15, -0.1) is 0 Å². The van der Waals surface area contributed by atoms with Crippen molar-refractivity contribution in [1.29, 1.82) is 0 Å². The molecule has 0 heterocycles. The van der Waals surface area contributed by atoms with Crippen LogP contribution >= 0.6 is 0 Å². The van der Waals surface area contributed by atoms with E-state index < -0.39 is 0 Å². The Balaban J connectivity index is 1.80. The van der Waals surface area contributed by atoms with Gasteiger partial charge in [0.15, 0.2) is 0 Å². The maximum absolute atomic E-state index is 12.8. The first-order valence-corrected chi connectivity index (χ1v) is 6.74. The predicted molar refractivity (Wildman–Crippen MR) is 69.4 cm³/mol. The SMILES string of the molecule is C[C@H](NCC1CCCCC1)c1ccc(F)cc1. The van der Waals surface area contributed by atoms with Crippen LogP contribution in [-0.2, 0) is 0 Å². The molecule has 0 spiro atoms. The van der Waals surface area contributed by atoms with Crippen molar-refractivity contribution in [2.24, 2.45) is 5.92 Å². The van der Waals surface area contributed by atoms with Crippen molar-refractivity contribution < 1.29 is 4.39 Å². The molecule has 2 rings (SSSR count). The second-order valence-corrected chi connectivity index (χ2v) is 5.19. The van der Waals surface area contributed by atoms with E-state index in [4.69, 9.17) is 0 Å². The van der Waals surface area contributed by atoms with Gasteiger partial charge in [-0.2, -0.15) is 0 Å². The lowest BCUT2D eigenvalue weighted by Crippen LogP contribution is -2.27. The lowest BCUT2D eigenvalue weighted by molar-refractivity contribution is 0.331. The molecule has 0 bridgehead atoms. The minimum absolute atomic E-state index is 0.159. The van der Waals surface area contributed by atoms with Gasteiger partial charge in [0.2, 0.25) is 0 Å². The Morgan fingerprint density at radius 2 is 1.82 bits per heavy atom. The Morgan fingerprint density at radius 3 is 2.47 bits per heavy atom. The summed E-state index contributed by atoms with van der Waals surface area (Å²) in [7, 11) is 0. The molecule has 0 radical (unpaired) electrons. The van der Waals surface area contributed by atoms with E-state index in [2.05, 4.69) is 12.2 Å². The first-order valence-electron chi connectivity index (χ1n) is 6.74. The Hall–Kier alpha value is -0.890. The molecule has 0 unspecified atom stereocenters. The van der Waals surface area contributed by atoms with Crippen LogP contribution in [0.1, 0.15) is 50.6 Å². The fraction of sp³-hybridized carbons (Fsp3) is 0.600. The summed E-state index contributed by atoms with van der Waals surface area (Å²) in [5, 5.41) is 3.57. The lowest BCUT2D eigenvalue weighted by atomic mass is 9.89. The van der Waals surface area contributed by atoms with Crippen LogP contribution in [0.25, 0.3) is 0 Å². The van der Waals surface area contributed by atoms with Crippen LogP contribution in [0.15, 0.2) is 24.3 Å². The van der Waals surface area contributed by atoms with Crippen LogP contribution in [0.5, 0.6) is 0 Å². The van der Waals surface area contributed by atoms with Gasteiger partial charge in [-0.1, -0.05) is 31.4 Å². The van der Waals surface area contributed by atoms with Gasteiger partial charge in [-0.05, 0) is 49.9 Å². The largest absolute Gasteiger partial charge is 0.310 e. The molecule has 1 N–H and O–H groups in total. The van der Waals surface area contributed by atoms with E-state index in [1.165, 1.54) is 49.8 Å². The summed E-state index contributed by atoms with van der Waals surface area (Å²) in [5.74, 6) is 0.680. The van der Waals surface area contributed by atoms with Crippen molar-refractivity contribution in [1.82, 2.24) is 5.32 Å². The average molecular weight is 235 g/mol. The molecule has 1 aliphatic rings. The van der Waals surface area contributed by atoms with Crippen LogP contribution in [-0.4, -0.2) is 6.54 Å². The molecule has 1 nitrogen and oxygen atoms in total. The molecule has 0 amide bonds. The second kappa shape index (κ2) is 6.15. The highest BCUT2D eigenvalue weighted by Gasteiger charge is 2.14. The molecule has 1 atom stereocenters. The second-order valence-electron chi connectivity index (χ2n) is 5.19. The third-order valence-corrected chi connectivity index (χ3v) is 3.81. The summed E-state index contributed by atoms with van der Waals surface area (Å²) in [6.07, 6.45) is 6.91. The molecule has 17 heavy (non-hydrogen) atoms. The van der Waals surface area contributed by atoms with Crippen molar-refractivity contribution >= 4 is 0 Å². The average Bonchev–Trinajstić information content (AvgIpc) is 2.38. The van der Waals surface area contributed by atoms with Gasteiger partial charge in [0.25, 0.3) is 0 Å². The minimum atomic E-state index is -0.159. The van der Waals surface area contributed by atoms with Gasteiger partial charge in [0.1, 0.15) is 5.82 Å². The fourth-order valence-corrected chi connectivity index (χ4v) is 2.60. The first-order chi connectivity index (χ1) is 8.25. The van der Waals surface area contributed by atoms with Crippen molar-refractivity contribution in [3.63, 3.8) is 0 Å². The van der Waals surface area contributed by atoms with E-state index >= 15 is 0 Å². The molecule has 1 fully saturated rings. The van der Waals surface area contributed by atoms with E-state index in [1.807, 2.05) is 12.1 Å². The minimum Gasteiger partial charge on any atom is -0.310 e. The van der Waals surface area contributed by atoms with E-state index in [0.717, 1.165) is 12.5 Å². The molecule has 2 heteroatoms. The molecular formula is C15H22FN. The number of halogens is 1. The maximum atomic E-state index is 12.8. The first kappa shape index (κ1) is 12.6. The zero-order valence-electron chi connectivity index (χ0n) is 10.6. The van der Waals surface area contributed by atoms with Crippen LogP contribution in [0.2, 0.25) is 0 Å². The van der Waals surface area contributed by atoms with E-state index in [9.17, 15) is 4.39 Å². The molecule has 1 aromatic rings. The summed E-state index contributed by atoms with van der Waals surface area (Å²) in [5.41, 5.74) is 1.17. The number of nitrogens with one attached hydrogen (secondary N) is 1. The van der Waals surface area contributed by atoms with Gasteiger partial charge >= 0.3 is 0 Å². The summed E-state index contributed by atoms with van der Waals surface area (Å²) in [6.45, 7) is 3.24. The molecule has 0 aromatic heterocycles. The number of benzene rings is 1. The van der Waals surface area contributed by atoms with Gasteiger partial charge in [0, 0.05) is 6.04 Å². The van der Waals surface area contributed by atoms with E-state index in [-0.39, 0.29) is 5.82 Å². The summed E-state index contributed by atoms with van der Waals surface area (Å²) < 4.78 is 12.8. The molecule has 0 aliphatic heterocycles. The zero-order valence-corrected chi connectivity index (χ0v) is 10.6. The van der Waals surface area contributed by atoms with Crippen LogP contribution in [0, 0.1) is 11.7 Å². The normalized spacial score (nSPS) is 19.2.